The second-order valence-electron chi connectivity index (χ2n) is 5.55. The van der Waals surface area contributed by atoms with Crippen LogP contribution in [-0.4, -0.2) is 11.1 Å². The summed E-state index contributed by atoms with van der Waals surface area (Å²) in [5.41, 5.74) is 0.936. The lowest BCUT2D eigenvalue weighted by molar-refractivity contribution is -0.137. The van der Waals surface area contributed by atoms with Crippen molar-refractivity contribution in [1.29, 1.82) is 0 Å². The molecule has 0 unspecified atom stereocenters. The molecule has 1 heterocycles. The minimum atomic E-state index is -4.60. The molecule has 0 spiro atoms. The Morgan fingerprint density at radius 3 is 2.72 bits per heavy atom. The van der Waals surface area contributed by atoms with Crippen LogP contribution in [0.5, 0.6) is 0 Å². The number of carbonyl (C=O) groups is 1. The van der Waals surface area contributed by atoms with Crippen molar-refractivity contribution in [3.8, 4) is 0 Å². The summed E-state index contributed by atoms with van der Waals surface area (Å²) in [6.07, 6.45) is -4.72. The van der Waals surface area contributed by atoms with E-state index in [1.54, 1.807) is 6.07 Å². The zero-order valence-electron chi connectivity index (χ0n) is 12.9. The third-order valence-electron chi connectivity index (χ3n) is 3.58. The fourth-order valence-electron chi connectivity index (χ4n) is 2.41. The minimum absolute atomic E-state index is 0.00528. The van der Waals surface area contributed by atoms with E-state index in [1.165, 1.54) is 6.07 Å². The maximum absolute atomic E-state index is 12.9. The van der Waals surface area contributed by atoms with Crippen LogP contribution in [-0.2, 0) is 17.4 Å². The van der Waals surface area contributed by atoms with Gasteiger partial charge in [-0.1, -0.05) is 28.4 Å². The summed E-state index contributed by atoms with van der Waals surface area (Å²) in [7, 11) is 0. The Bertz CT molecular complexity index is 951. The van der Waals surface area contributed by atoms with Crippen molar-refractivity contribution in [3.05, 3.63) is 58.2 Å². The molecule has 1 aromatic heterocycles. The van der Waals surface area contributed by atoms with Crippen molar-refractivity contribution in [2.75, 3.05) is 5.32 Å². The van der Waals surface area contributed by atoms with Crippen LogP contribution in [0, 0.1) is 6.92 Å². The van der Waals surface area contributed by atoms with E-state index in [-0.39, 0.29) is 12.1 Å². The van der Waals surface area contributed by atoms with Crippen molar-refractivity contribution in [2.45, 2.75) is 19.5 Å². The van der Waals surface area contributed by atoms with Crippen molar-refractivity contribution in [2.24, 2.45) is 0 Å². The zero-order valence-corrected chi connectivity index (χ0v) is 13.7. The van der Waals surface area contributed by atoms with Crippen molar-refractivity contribution in [1.82, 2.24) is 5.16 Å². The highest BCUT2D eigenvalue weighted by Gasteiger charge is 2.33. The van der Waals surface area contributed by atoms with Crippen LogP contribution < -0.4 is 5.32 Å². The lowest BCUT2D eigenvalue weighted by Crippen LogP contribution is -2.15. The number of nitrogens with zero attached hydrogens (tertiary/aromatic N) is 1. The van der Waals surface area contributed by atoms with Gasteiger partial charge in [-0.05, 0) is 37.3 Å². The first-order valence-electron chi connectivity index (χ1n) is 7.25. The van der Waals surface area contributed by atoms with Gasteiger partial charge >= 0.3 is 6.18 Å². The molecule has 3 aromatic rings. The van der Waals surface area contributed by atoms with Gasteiger partial charge in [0.15, 0.2) is 5.58 Å². The molecule has 3 rings (SSSR count). The SMILES string of the molecule is Cc1ccc2onc(CC(=O)Nc3ccc(Cl)c(C(F)(F)F)c3)c2c1. The first-order chi connectivity index (χ1) is 11.7. The maximum atomic E-state index is 12.9. The molecule has 0 atom stereocenters. The quantitative estimate of drug-likeness (QED) is 0.708. The monoisotopic (exact) mass is 368 g/mol. The molecular weight excluding hydrogens is 357 g/mol. The first kappa shape index (κ1) is 17.3. The average molecular weight is 369 g/mol. The standard InChI is InChI=1S/C17H12ClF3N2O2/c1-9-2-5-15-11(6-9)14(23-25-15)8-16(24)22-10-3-4-13(18)12(7-10)17(19,20)21/h2-7H,8H2,1H3,(H,22,24). The number of nitrogens with one attached hydrogen (secondary N) is 1. The number of anilines is 1. The second-order valence-corrected chi connectivity index (χ2v) is 5.95. The first-order valence-corrected chi connectivity index (χ1v) is 7.63. The molecule has 1 N–H and O–H groups in total. The van der Waals surface area contributed by atoms with E-state index in [0.717, 1.165) is 17.7 Å². The van der Waals surface area contributed by atoms with Crippen molar-refractivity contribution >= 4 is 34.2 Å². The van der Waals surface area contributed by atoms with Gasteiger partial charge in [0.2, 0.25) is 5.91 Å². The number of aromatic nitrogens is 1. The lowest BCUT2D eigenvalue weighted by atomic mass is 10.1. The molecule has 0 aliphatic heterocycles. The predicted octanol–water partition coefficient (Wildman–Crippen LogP) is 4.99. The average Bonchev–Trinajstić information content (AvgIpc) is 2.90. The van der Waals surface area contributed by atoms with Crippen LogP contribution in [0.25, 0.3) is 11.0 Å². The molecule has 8 heteroatoms. The van der Waals surface area contributed by atoms with Gasteiger partial charge < -0.3 is 9.84 Å². The van der Waals surface area contributed by atoms with Gasteiger partial charge in [0.25, 0.3) is 0 Å². The molecule has 0 saturated carbocycles. The number of hydrogen-bond acceptors (Lipinski definition) is 3. The molecule has 0 aliphatic rings. The number of amides is 1. The van der Waals surface area contributed by atoms with E-state index < -0.39 is 22.7 Å². The number of fused-ring (bicyclic) bond motifs is 1. The van der Waals surface area contributed by atoms with Crippen LogP contribution in [0.4, 0.5) is 18.9 Å². The molecule has 4 nitrogen and oxygen atoms in total. The summed E-state index contributed by atoms with van der Waals surface area (Å²) in [6.45, 7) is 1.89. The molecule has 0 bridgehead atoms. The van der Waals surface area contributed by atoms with Gasteiger partial charge in [-0.3, -0.25) is 4.79 Å². The third-order valence-corrected chi connectivity index (χ3v) is 3.91. The van der Waals surface area contributed by atoms with E-state index in [4.69, 9.17) is 16.1 Å². The van der Waals surface area contributed by atoms with Crippen molar-refractivity contribution < 1.29 is 22.5 Å². The Kier molecular flexibility index (Phi) is 4.43. The number of halogens is 4. The number of benzene rings is 2. The topological polar surface area (TPSA) is 55.1 Å². The molecule has 25 heavy (non-hydrogen) atoms. The smallest absolute Gasteiger partial charge is 0.356 e. The maximum Gasteiger partial charge on any atom is 0.417 e. The van der Waals surface area contributed by atoms with Gasteiger partial charge in [0.1, 0.15) is 5.69 Å². The summed E-state index contributed by atoms with van der Waals surface area (Å²) >= 11 is 5.56. The molecule has 0 saturated heterocycles. The zero-order chi connectivity index (χ0) is 18.2. The summed E-state index contributed by atoms with van der Waals surface area (Å²) in [5.74, 6) is -0.507. The molecule has 2 aromatic carbocycles. The van der Waals surface area contributed by atoms with Gasteiger partial charge in [0.05, 0.1) is 17.0 Å². The Hall–Kier alpha value is -2.54. The summed E-state index contributed by atoms with van der Waals surface area (Å²) in [6, 6.07) is 8.62. The number of rotatable bonds is 3. The number of hydrogen-bond donors (Lipinski definition) is 1. The van der Waals surface area contributed by atoms with E-state index in [0.29, 0.717) is 16.7 Å². The fourth-order valence-corrected chi connectivity index (χ4v) is 2.63. The fraction of sp³-hybridized carbons (Fsp3) is 0.176. The Morgan fingerprint density at radius 1 is 1.24 bits per heavy atom. The van der Waals surface area contributed by atoms with Crippen molar-refractivity contribution in [3.63, 3.8) is 0 Å². The highest BCUT2D eigenvalue weighted by molar-refractivity contribution is 6.31. The third kappa shape index (κ3) is 3.76. The van der Waals surface area contributed by atoms with Crippen LogP contribution in [0.1, 0.15) is 16.8 Å². The number of carbonyl (C=O) groups excluding carboxylic acids is 1. The lowest BCUT2D eigenvalue weighted by Gasteiger charge is -2.11. The highest BCUT2D eigenvalue weighted by atomic mass is 35.5. The van der Waals surface area contributed by atoms with Crippen LogP contribution in [0.15, 0.2) is 40.9 Å². The predicted molar refractivity (Wildman–Crippen MR) is 87.5 cm³/mol. The summed E-state index contributed by atoms with van der Waals surface area (Å²) in [4.78, 5) is 12.1. The van der Waals surface area contributed by atoms with Gasteiger partial charge in [-0.15, -0.1) is 0 Å². The normalized spacial score (nSPS) is 11.7. The molecule has 1 amide bonds. The Balaban J connectivity index is 1.80. The van der Waals surface area contributed by atoms with Crippen LogP contribution >= 0.6 is 11.6 Å². The van der Waals surface area contributed by atoms with Crippen LogP contribution in [0.3, 0.4) is 0 Å². The van der Waals surface area contributed by atoms with Gasteiger partial charge in [0, 0.05) is 11.1 Å². The second kappa shape index (κ2) is 6.40. The van der Waals surface area contributed by atoms with E-state index in [2.05, 4.69) is 10.5 Å². The van der Waals surface area contributed by atoms with Crippen LogP contribution in [0.2, 0.25) is 5.02 Å². The number of aryl methyl sites for hydroxylation is 1. The van der Waals surface area contributed by atoms with E-state index in [1.807, 2.05) is 19.1 Å². The minimum Gasteiger partial charge on any atom is -0.356 e. The Morgan fingerprint density at radius 2 is 2.00 bits per heavy atom. The number of alkyl halides is 3. The molecular formula is C17H12ClF3N2O2. The molecule has 0 aliphatic carbocycles. The summed E-state index contributed by atoms with van der Waals surface area (Å²) < 4.78 is 43.7. The van der Waals surface area contributed by atoms with E-state index in [9.17, 15) is 18.0 Å². The molecule has 0 fully saturated rings. The van der Waals surface area contributed by atoms with E-state index >= 15 is 0 Å². The Labute approximate surface area is 145 Å². The molecule has 0 radical (unpaired) electrons. The largest absolute Gasteiger partial charge is 0.417 e. The summed E-state index contributed by atoms with van der Waals surface area (Å²) in [5, 5.41) is 6.54. The molecule has 130 valence electrons. The van der Waals surface area contributed by atoms with Gasteiger partial charge in [-0.25, -0.2) is 0 Å². The van der Waals surface area contributed by atoms with Gasteiger partial charge in [-0.2, -0.15) is 13.2 Å². The highest BCUT2D eigenvalue weighted by Crippen LogP contribution is 2.36.